The van der Waals surface area contributed by atoms with Crippen LogP contribution in [0.2, 0.25) is 18.1 Å². The highest BCUT2D eigenvalue weighted by Crippen LogP contribution is 2.36. The summed E-state index contributed by atoms with van der Waals surface area (Å²) >= 11 is 6.16. The van der Waals surface area contributed by atoms with Gasteiger partial charge in [-0.2, -0.15) is 0 Å². The zero-order valence-electron chi connectivity index (χ0n) is 14.7. The zero-order valence-corrected chi connectivity index (χ0v) is 16.6. The molecule has 1 aliphatic rings. The van der Waals surface area contributed by atoms with Gasteiger partial charge >= 0.3 is 7.12 Å². The third kappa shape index (κ3) is 4.40. The number of hydrogen-bond acceptors (Lipinski definition) is 3. The molecule has 0 aromatic heterocycles. The summed E-state index contributed by atoms with van der Waals surface area (Å²) in [5, 5.41) is 0.645. The van der Waals surface area contributed by atoms with E-state index in [-0.39, 0.29) is 0 Å². The van der Waals surface area contributed by atoms with Crippen molar-refractivity contribution < 1.29 is 13.7 Å². The van der Waals surface area contributed by atoms with Crippen molar-refractivity contribution in [3.8, 4) is 11.8 Å². The van der Waals surface area contributed by atoms with E-state index in [1.54, 1.807) is 0 Å². The first kappa shape index (κ1) is 18.6. The van der Waals surface area contributed by atoms with Gasteiger partial charge in [-0.15, -0.1) is 0 Å². The van der Waals surface area contributed by atoms with Gasteiger partial charge in [0.1, 0.15) is 0 Å². The van der Waals surface area contributed by atoms with Gasteiger partial charge in [-0.3, -0.25) is 0 Å². The van der Waals surface area contributed by atoms with E-state index in [0.29, 0.717) is 11.6 Å². The highest BCUT2D eigenvalue weighted by atomic mass is 35.5. The van der Waals surface area contributed by atoms with Crippen LogP contribution < -0.4 is 5.46 Å². The van der Waals surface area contributed by atoms with Crippen LogP contribution in [0.25, 0.3) is 0 Å². The van der Waals surface area contributed by atoms with Gasteiger partial charge in [0.15, 0.2) is 9.04 Å². The molecule has 0 aliphatic carbocycles. The van der Waals surface area contributed by atoms with Crippen molar-refractivity contribution in [1.82, 2.24) is 0 Å². The van der Waals surface area contributed by atoms with E-state index in [0.717, 1.165) is 11.0 Å². The van der Waals surface area contributed by atoms with Crippen LogP contribution in [0.4, 0.5) is 0 Å². The van der Waals surface area contributed by atoms with Gasteiger partial charge in [0.25, 0.3) is 0 Å². The van der Waals surface area contributed by atoms with Crippen LogP contribution in [0, 0.1) is 11.8 Å². The quantitative estimate of drug-likeness (QED) is 0.619. The molecule has 1 saturated heterocycles. The summed E-state index contributed by atoms with van der Waals surface area (Å²) in [5.41, 5.74) is 0.945. The fraction of sp³-hybridized carbons (Fsp3) is 0.529. The van der Waals surface area contributed by atoms with Crippen LogP contribution in [0.5, 0.6) is 0 Å². The predicted molar refractivity (Wildman–Crippen MR) is 98.9 cm³/mol. The number of hydrogen-bond donors (Lipinski definition) is 0. The molecule has 6 heteroatoms. The molecule has 1 fully saturated rings. The molecule has 0 saturated carbocycles. The van der Waals surface area contributed by atoms with Crippen LogP contribution in [-0.2, 0) is 13.7 Å². The maximum Gasteiger partial charge on any atom is 0.496 e. The van der Waals surface area contributed by atoms with Crippen LogP contribution in [0.3, 0.4) is 0 Å². The van der Waals surface area contributed by atoms with Crippen LogP contribution in [0.15, 0.2) is 18.2 Å². The third-order valence-corrected chi connectivity index (χ3v) is 5.30. The predicted octanol–water partition coefficient (Wildman–Crippen LogP) is 2.99. The second-order valence-electron chi connectivity index (χ2n) is 6.98. The third-order valence-electron chi connectivity index (χ3n) is 4.23. The van der Waals surface area contributed by atoms with Gasteiger partial charge in [-0.1, -0.05) is 23.4 Å². The molecule has 0 atom stereocenters. The summed E-state index contributed by atoms with van der Waals surface area (Å²) in [5.74, 6) is 6.22. The Morgan fingerprint density at radius 2 is 1.78 bits per heavy atom. The van der Waals surface area contributed by atoms with Gasteiger partial charge in [0, 0.05) is 10.6 Å². The van der Waals surface area contributed by atoms with Gasteiger partial charge in [0.05, 0.1) is 17.8 Å². The average Bonchev–Trinajstić information content (AvgIpc) is 2.64. The molecule has 23 heavy (non-hydrogen) atoms. The Hall–Kier alpha value is -0.768. The van der Waals surface area contributed by atoms with Crippen LogP contribution in [0.1, 0.15) is 33.3 Å². The highest BCUT2D eigenvalue weighted by molar-refractivity contribution is 6.63. The Bertz CT molecular complexity index is 618. The molecule has 0 bridgehead atoms. The lowest BCUT2D eigenvalue weighted by Gasteiger charge is -2.32. The normalized spacial score (nSPS) is 18.9. The van der Waals surface area contributed by atoms with E-state index in [1.165, 1.54) is 0 Å². The minimum absolute atomic E-state index is 0.392. The average molecular weight is 351 g/mol. The summed E-state index contributed by atoms with van der Waals surface area (Å²) in [6, 6.07) is 5.60. The van der Waals surface area contributed by atoms with E-state index in [9.17, 15) is 0 Å². The van der Waals surface area contributed by atoms with Crippen molar-refractivity contribution in [2.75, 3.05) is 6.61 Å². The van der Waals surface area contributed by atoms with Gasteiger partial charge in [-0.25, -0.2) is 0 Å². The summed E-state index contributed by atoms with van der Waals surface area (Å²) in [4.78, 5) is 0. The topological polar surface area (TPSA) is 27.7 Å². The Kier molecular flexibility index (Phi) is 5.65. The van der Waals surface area contributed by atoms with Crippen molar-refractivity contribution in [3.05, 3.63) is 28.8 Å². The molecule has 0 spiro atoms. The molecule has 1 heterocycles. The largest absolute Gasteiger partial charge is 0.496 e. The van der Waals surface area contributed by atoms with Crippen molar-refractivity contribution in [3.63, 3.8) is 0 Å². The fourth-order valence-corrected chi connectivity index (χ4v) is 2.75. The highest BCUT2D eigenvalue weighted by Gasteiger charge is 2.52. The smallest absolute Gasteiger partial charge is 0.410 e. The fourth-order valence-electron chi connectivity index (χ4n) is 2.15. The van der Waals surface area contributed by atoms with E-state index in [2.05, 4.69) is 24.9 Å². The maximum atomic E-state index is 6.16. The van der Waals surface area contributed by atoms with Gasteiger partial charge in [-0.05, 0) is 64.5 Å². The van der Waals surface area contributed by atoms with Crippen molar-refractivity contribution in [1.29, 1.82) is 0 Å². The minimum atomic E-state index is -1.05. The Labute approximate surface area is 146 Å². The lowest BCUT2D eigenvalue weighted by atomic mass is 9.76. The molecule has 0 radical (unpaired) electrons. The number of rotatable bonds is 3. The number of halogens is 1. The van der Waals surface area contributed by atoms with E-state index >= 15 is 0 Å². The van der Waals surface area contributed by atoms with Gasteiger partial charge < -0.3 is 13.7 Å². The summed E-state index contributed by atoms with van der Waals surface area (Å²) in [6.45, 7) is 12.8. The molecule has 3 nitrogen and oxygen atoms in total. The monoisotopic (exact) mass is 350 g/mol. The lowest BCUT2D eigenvalue weighted by molar-refractivity contribution is 0.00578. The number of benzene rings is 1. The Morgan fingerprint density at radius 3 is 2.35 bits per heavy atom. The molecule has 2 rings (SSSR count). The first-order chi connectivity index (χ1) is 10.6. The van der Waals surface area contributed by atoms with Crippen LogP contribution >= 0.6 is 11.6 Å². The SMILES string of the molecule is C[SiH](C)OCC#Cc1ccc(Cl)cc1B1OC(C)(C)C(C)(C)O1. The molecular weight excluding hydrogens is 327 g/mol. The second kappa shape index (κ2) is 7.00. The van der Waals surface area contributed by atoms with Crippen LogP contribution in [-0.4, -0.2) is 34.0 Å². The molecule has 124 valence electrons. The summed E-state index contributed by atoms with van der Waals surface area (Å²) in [7, 11) is -1.52. The maximum absolute atomic E-state index is 6.16. The Morgan fingerprint density at radius 1 is 1.17 bits per heavy atom. The molecule has 1 aromatic carbocycles. The van der Waals surface area contributed by atoms with E-state index in [4.69, 9.17) is 25.3 Å². The molecular formula is C17H24BClO3Si. The second-order valence-corrected chi connectivity index (χ2v) is 9.85. The van der Waals surface area contributed by atoms with Gasteiger partial charge in [0.2, 0.25) is 0 Å². The minimum Gasteiger partial charge on any atom is -0.410 e. The Balaban J connectivity index is 2.27. The lowest BCUT2D eigenvalue weighted by Crippen LogP contribution is -2.41. The molecule has 0 N–H and O–H groups in total. The van der Waals surface area contributed by atoms with E-state index < -0.39 is 27.4 Å². The first-order valence-corrected chi connectivity index (χ1v) is 11.0. The first-order valence-electron chi connectivity index (χ1n) is 7.88. The summed E-state index contributed by atoms with van der Waals surface area (Å²) < 4.78 is 17.8. The van der Waals surface area contributed by atoms with Crippen molar-refractivity contribution in [2.45, 2.75) is 52.0 Å². The molecule has 0 unspecified atom stereocenters. The molecule has 0 amide bonds. The summed E-state index contributed by atoms with van der Waals surface area (Å²) in [6.07, 6.45) is 0. The van der Waals surface area contributed by atoms with Crippen molar-refractivity contribution >= 4 is 33.2 Å². The molecule has 1 aliphatic heterocycles. The standard InChI is InChI=1S/C17H24BClO3Si/c1-16(2)17(3,4)22-18(21-16)15-12-14(19)10-9-13(15)8-7-11-20-23(5)6/h9-10,12,23H,11H2,1-6H3. The molecule has 1 aromatic rings. The van der Waals surface area contributed by atoms with Crippen molar-refractivity contribution in [2.24, 2.45) is 0 Å². The zero-order chi connectivity index (χ0) is 17.3. The van der Waals surface area contributed by atoms with E-state index in [1.807, 2.05) is 45.9 Å².